The molecule has 0 spiro atoms. The van der Waals surface area contributed by atoms with Crippen molar-refractivity contribution in [3.8, 4) is 5.69 Å². The van der Waals surface area contributed by atoms with Crippen molar-refractivity contribution in [1.82, 2.24) is 25.1 Å². The number of anilines is 2. The van der Waals surface area contributed by atoms with Crippen LogP contribution in [0.25, 0.3) is 5.69 Å². The third kappa shape index (κ3) is 5.83. The molecule has 0 unspecified atom stereocenters. The molecule has 4 aromatic rings. The number of aromatic nitrogens is 4. The number of hydrogen-bond donors (Lipinski definition) is 1. The lowest BCUT2D eigenvalue weighted by molar-refractivity contribution is -0.113. The van der Waals surface area contributed by atoms with Gasteiger partial charge in [-0.3, -0.25) is 9.59 Å². The number of halogens is 1. The Labute approximate surface area is 223 Å². The molecule has 0 saturated carbocycles. The molecule has 1 aliphatic heterocycles. The highest BCUT2D eigenvalue weighted by molar-refractivity contribution is 7.99. The van der Waals surface area contributed by atoms with E-state index in [4.69, 9.17) is 0 Å². The summed E-state index contributed by atoms with van der Waals surface area (Å²) in [5.74, 6) is -0.791. The van der Waals surface area contributed by atoms with Crippen molar-refractivity contribution in [3.63, 3.8) is 0 Å². The molecule has 38 heavy (non-hydrogen) atoms. The second-order valence-corrected chi connectivity index (χ2v) is 9.79. The van der Waals surface area contributed by atoms with E-state index in [2.05, 4.69) is 25.7 Å². The molecular weight excluding hydrogens is 505 g/mol. The zero-order valence-electron chi connectivity index (χ0n) is 20.7. The van der Waals surface area contributed by atoms with Crippen molar-refractivity contribution in [2.24, 2.45) is 0 Å². The summed E-state index contributed by atoms with van der Waals surface area (Å²) in [4.78, 5) is 29.0. The Bertz CT molecular complexity index is 1420. The molecule has 5 rings (SSSR count). The van der Waals surface area contributed by atoms with Gasteiger partial charge in [-0.2, -0.15) is 4.68 Å². The normalized spacial score (nSPS) is 13.4. The van der Waals surface area contributed by atoms with Crippen LogP contribution < -0.4 is 10.2 Å². The van der Waals surface area contributed by atoms with E-state index >= 15 is 0 Å². The maximum atomic E-state index is 14.0. The van der Waals surface area contributed by atoms with Crippen molar-refractivity contribution in [3.05, 3.63) is 89.7 Å². The van der Waals surface area contributed by atoms with Gasteiger partial charge in [-0.1, -0.05) is 41.6 Å². The van der Waals surface area contributed by atoms with E-state index in [9.17, 15) is 14.0 Å². The highest BCUT2D eigenvalue weighted by atomic mass is 32.2. The summed E-state index contributed by atoms with van der Waals surface area (Å²) >= 11 is 1.26. The van der Waals surface area contributed by atoms with Crippen LogP contribution >= 0.6 is 11.8 Å². The number of carbonyl (C=O) groups excluding carboxylic acids is 2. The van der Waals surface area contributed by atoms with E-state index in [1.165, 1.54) is 23.9 Å². The molecule has 1 saturated heterocycles. The molecule has 0 atom stereocenters. The van der Waals surface area contributed by atoms with Crippen molar-refractivity contribution >= 4 is 35.0 Å². The Morgan fingerprint density at radius 1 is 0.921 bits per heavy atom. The van der Waals surface area contributed by atoms with Crippen molar-refractivity contribution in [1.29, 1.82) is 0 Å². The quantitative estimate of drug-likeness (QED) is 0.363. The number of tetrazole rings is 1. The first-order valence-electron chi connectivity index (χ1n) is 12.1. The fraction of sp³-hybridized carbons (Fsp3) is 0.222. The van der Waals surface area contributed by atoms with Gasteiger partial charge < -0.3 is 15.1 Å². The van der Waals surface area contributed by atoms with E-state index in [0.29, 0.717) is 37.0 Å². The predicted octanol–water partition coefficient (Wildman–Crippen LogP) is 3.80. The van der Waals surface area contributed by atoms with E-state index in [0.717, 1.165) is 16.9 Å². The van der Waals surface area contributed by atoms with Crippen LogP contribution in [0.2, 0.25) is 0 Å². The van der Waals surface area contributed by atoms with Crippen LogP contribution in [0.15, 0.2) is 78.0 Å². The molecule has 2 heterocycles. The molecule has 9 nitrogen and oxygen atoms in total. The van der Waals surface area contributed by atoms with Gasteiger partial charge in [-0.15, -0.1) is 5.10 Å². The minimum absolute atomic E-state index is 0.103. The maximum Gasteiger partial charge on any atom is 0.256 e. The van der Waals surface area contributed by atoms with Gasteiger partial charge in [0.1, 0.15) is 5.82 Å². The summed E-state index contributed by atoms with van der Waals surface area (Å²) in [5.41, 5.74) is 3.75. The molecule has 11 heteroatoms. The fourth-order valence-electron chi connectivity index (χ4n) is 4.17. The van der Waals surface area contributed by atoms with Gasteiger partial charge in [-0.05, 0) is 65.9 Å². The number of carbonyl (C=O) groups is 2. The van der Waals surface area contributed by atoms with Gasteiger partial charge in [0, 0.05) is 37.6 Å². The van der Waals surface area contributed by atoms with Crippen LogP contribution in [0.3, 0.4) is 0 Å². The molecular formula is C27H26FN7O2S. The van der Waals surface area contributed by atoms with E-state index in [-0.39, 0.29) is 23.1 Å². The smallest absolute Gasteiger partial charge is 0.256 e. The first-order chi connectivity index (χ1) is 18.5. The van der Waals surface area contributed by atoms with Gasteiger partial charge in [0.05, 0.1) is 17.0 Å². The fourth-order valence-corrected chi connectivity index (χ4v) is 4.86. The molecule has 0 bridgehead atoms. The molecule has 1 N–H and O–H groups in total. The van der Waals surface area contributed by atoms with Gasteiger partial charge in [0.2, 0.25) is 11.1 Å². The Hall–Kier alpha value is -4.25. The largest absolute Gasteiger partial charge is 0.368 e. The van der Waals surface area contributed by atoms with Crippen LogP contribution in [0.5, 0.6) is 0 Å². The zero-order chi connectivity index (χ0) is 26.5. The number of nitrogens with zero attached hydrogens (tertiary/aromatic N) is 6. The van der Waals surface area contributed by atoms with Crippen molar-refractivity contribution < 1.29 is 14.0 Å². The topological polar surface area (TPSA) is 96.2 Å². The van der Waals surface area contributed by atoms with Crippen LogP contribution in [0.4, 0.5) is 15.8 Å². The number of amides is 2. The summed E-state index contributed by atoms with van der Waals surface area (Å²) in [7, 11) is 0. The number of hydrogen-bond acceptors (Lipinski definition) is 7. The number of nitrogens with one attached hydrogen (secondary N) is 1. The van der Waals surface area contributed by atoms with Gasteiger partial charge in [0.25, 0.3) is 5.91 Å². The molecule has 1 aromatic heterocycles. The van der Waals surface area contributed by atoms with E-state index < -0.39 is 5.82 Å². The van der Waals surface area contributed by atoms with Crippen LogP contribution in [0.1, 0.15) is 15.9 Å². The summed E-state index contributed by atoms with van der Waals surface area (Å²) in [6, 6.07) is 21.5. The summed E-state index contributed by atoms with van der Waals surface area (Å²) in [6.45, 7) is 4.29. The Balaban J connectivity index is 1.11. The summed E-state index contributed by atoms with van der Waals surface area (Å²) < 4.78 is 15.6. The van der Waals surface area contributed by atoms with Gasteiger partial charge in [-0.25, -0.2) is 4.39 Å². The molecule has 0 radical (unpaired) electrons. The highest BCUT2D eigenvalue weighted by Gasteiger charge is 2.24. The second kappa shape index (κ2) is 11.4. The number of aryl methyl sites for hydroxylation is 1. The Kier molecular flexibility index (Phi) is 7.64. The third-order valence-corrected chi connectivity index (χ3v) is 7.16. The van der Waals surface area contributed by atoms with Crippen LogP contribution in [-0.4, -0.2) is 68.9 Å². The van der Waals surface area contributed by atoms with Crippen molar-refractivity contribution in [2.75, 3.05) is 42.1 Å². The Morgan fingerprint density at radius 2 is 1.61 bits per heavy atom. The molecule has 1 fully saturated rings. The third-order valence-electron chi connectivity index (χ3n) is 6.24. The van der Waals surface area contributed by atoms with E-state index in [1.54, 1.807) is 21.7 Å². The molecule has 0 aliphatic carbocycles. The zero-order valence-corrected chi connectivity index (χ0v) is 21.6. The van der Waals surface area contributed by atoms with Gasteiger partial charge in [0.15, 0.2) is 0 Å². The number of rotatable bonds is 7. The first kappa shape index (κ1) is 25.4. The van der Waals surface area contributed by atoms with Crippen molar-refractivity contribution in [2.45, 2.75) is 12.1 Å². The van der Waals surface area contributed by atoms with Crippen LogP contribution in [-0.2, 0) is 4.79 Å². The Morgan fingerprint density at radius 3 is 2.32 bits per heavy atom. The lowest BCUT2D eigenvalue weighted by Gasteiger charge is -2.36. The minimum atomic E-state index is -0.499. The molecule has 2 amide bonds. The average Bonchev–Trinajstić information content (AvgIpc) is 3.41. The SMILES string of the molecule is Cc1ccc(-n2nnnc2SCC(=O)Nc2ccc(N3CCN(C(=O)c4ccccc4F)CC3)cc2)cc1. The predicted molar refractivity (Wildman–Crippen MR) is 144 cm³/mol. The molecule has 1 aliphatic rings. The summed E-state index contributed by atoms with van der Waals surface area (Å²) in [6.07, 6.45) is 0. The monoisotopic (exact) mass is 531 g/mol. The highest BCUT2D eigenvalue weighted by Crippen LogP contribution is 2.22. The van der Waals surface area contributed by atoms with Crippen LogP contribution in [0, 0.1) is 12.7 Å². The molecule has 194 valence electrons. The number of thioether (sulfide) groups is 1. The second-order valence-electron chi connectivity index (χ2n) is 8.85. The summed E-state index contributed by atoms with van der Waals surface area (Å²) in [5, 5.41) is 15.2. The lowest BCUT2D eigenvalue weighted by Crippen LogP contribution is -2.49. The first-order valence-corrected chi connectivity index (χ1v) is 13.1. The number of benzene rings is 3. The number of piperazine rings is 1. The minimum Gasteiger partial charge on any atom is -0.368 e. The standard InChI is InChI=1S/C27H26FN7O2S/c1-19-6-10-22(11-7-19)35-27(30-31-32-35)38-18-25(36)29-20-8-12-21(13-9-20)33-14-16-34(17-15-33)26(37)23-4-2-3-5-24(23)28/h2-13H,14-18H2,1H3,(H,29,36). The maximum absolute atomic E-state index is 14.0. The lowest BCUT2D eigenvalue weighted by atomic mass is 10.1. The van der Waals surface area contributed by atoms with Gasteiger partial charge >= 0.3 is 0 Å². The molecule has 3 aromatic carbocycles. The average molecular weight is 532 g/mol. The van der Waals surface area contributed by atoms with E-state index in [1.807, 2.05) is 55.5 Å².